The Morgan fingerprint density at radius 3 is 2.26 bits per heavy atom. The van der Waals surface area contributed by atoms with Crippen molar-refractivity contribution in [1.29, 1.82) is 0 Å². The van der Waals surface area contributed by atoms with Gasteiger partial charge in [-0.05, 0) is 19.1 Å². The molecule has 1 aromatic rings. The van der Waals surface area contributed by atoms with Crippen LogP contribution in [0.2, 0.25) is 15.1 Å². The van der Waals surface area contributed by atoms with Crippen molar-refractivity contribution < 1.29 is 14.7 Å². The van der Waals surface area contributed by atoms with Crippen molar-refractivity contribution in [3.05, 3.63) is 27.2 Å². The smallest absolute Gasteiger partial charge is 0.320 e. The van der Waals surface area contributed by atoms with Crippen LogP contribution in [0.1, 0.15) is 6.92 Å². The molecule has 0 aliphatic heterocycles. The molecule has 1 rings (SSSR count). The number of rotatable bonds is 5. The first-order valence-corrected chi connectivity index (χ1v) is 6.35. The summed E-state index contributed by atoms with van der Waals surface area (Å²) in [5.74, 6) is -1.51. The van der Waals surface area contributed by atoms with Crippen LogP contribution in [0, 0.1) is 0 Å². The summed E-state index contributed by atoms with van der Waals surface area (Å²) in [6.07, 6.45) is 0. The second kappa shape index (κ2) is 6.96. The molecule has 5 nitrogen and oxygen atoms in total. The molecule has 0 unspecified atom stereocenters. The average molecular weight is 326 g/mol. The summed E-state index contributed by atoms with van der Waals surface area (Å²) >= 11 is 17.5. The number of hydrogen-bond acceptors (Lipinski definition) is 3. The maximum Gasteiger partial charge on any atom is 0.320 e. The molecule has 0 saturated carbocycles. The largest absolute Gasteiger partial charge is 0.480 e. The van der Waals surface area contributed by atoms with E-state index < -0.39 is 17.9 Å². The number of aliphatic carboxylic acids is 1. The van der Waals surface area contributed by atoms with Crippen LogP contribution in [0.25, 0.3) is 0 Å². The summed E-state index contributed by atoms with van der Waals surface area (Å²) in [5, 5.41) is 14.4. The number of benzene rings is 1. The van der Waals surface area contributed by atoms with E-state index in [1.807, 2.05) is 0 Å². The molecule has 0 radical (unpaired) electrons. The SMILES string of the molecule is C[C@@H](NCC(=O)Nc1c(Cl)cc(Cl)cc1Cl)C(=O)O. The van der Waals surface area contributed by atoms with E-state index in [9.17, 15) is 9.59 Å². The Morgan fingerprint density at radius 2 is 1.79 bits per heavy atom. The number of hydrogen-bond donors (Lipinski definition) is 3. The molecule has 1 amide bonds. The Hall–Kier alpha value is -1.01. The van der Waals surface area contributed by atoms with Crippen LogP contribution in [0.15, 0.2) is 12.1 Å². The summed E-state index contributed by atoms with van der Waals surface area (Å²) in [6.45, 7) is 1.25. The molecule has 0 aromatic heterocycles. The third-order valence-corrected chi connectivity index (χ3v) is 3.02. The number of carboxylic acid groups (broad SMARTS) is 1. The van der Waals surface area contributed by atoms with Crippen LogP contribution in [0.5, 0.6) is 0 Å². The van der Waals surface area contributed by atoms with E-state index in [1.54, 1.807) is 0 Å². The molecule has 0 aliphatic rings. The first-order chi connectivity index (χ1) is 8.81. The van der Waals surface area contributed by atoms with Gasteiger partial charge in [-0.1, -0.05) is 34.8 Å². The maximum absolute atomic E-state index is 11.6. The van der Waals surface area contributed by atoms with Crippen LogP contribution >= 0.6 is 34.8 Å². The third kappa shape index (κ3) is 4.87. The average Bonchev–Trinajstić information content (AvgIpc) is 2.30. The fraction of sp³-hybridized carbons (Fsp3) is 0.273. The number of amides is 1. The highest BCUT2D eigenvalue weighted by Gasteiger charge is 2.14. The fourth-order valence-electron chi connectivity index (χ4n) is 1.18. The molecule has 0 saturated heterocycles. The Bertz CT molecular complexity index is 485. The lowest BCUT2D eigenvalue weighted by Crippen LogP contribution is -2.39. The first-order valence-electron chi connectivity index (χ1n) is 5.22. The van der Waals surface area contributed by atoms with Crippen LogP contribution < -0.4 is 10.6 Å². The van der Waals surface area contributed by atoms with Gasteiger partial charge in [0.1, 0.15) is 6.04 Å². The van der Waals surface area contributed by atoms with Gasteiger partial charge in [-0.2, -0.15) is 0 Å². The molecule has 0 bridgehead atoms. The Kier molecular flexibility index (Phi) is 5.87. The van der Waals surface area contributed by atoms with E-state index in [0.29, 0.717) is 5.02 Å². The van der Waals surface area contributed by atoms with Gasteiger partial charge >= 0.3 is 5.97 Å². The molecule has 1 aromatic carbocycles. The quantitative estimate of drug-likeness (QED) is 0.777. The normalized spacial score (nSPS) is 12.0. The van der Waals surface area contributed by atoms with Gasteiger partial charge in [-0.15, -0.1) is 0 Å². The summed E-state index contributed by atoms with van der Waals surface area (Å²) < 4.78 is 0. The van der Waals surface area contributed by atoms with E-state index in [1.165, 1.54) is 19.1 Å². The molecule has 8 heteroatoms. The van der Waals surface area contributed by atoms with Gasteiger partial charge in [0.05, 0.1) is 22.3 Å². The van der Waals surface area contributed by atoms with Crippen LogP contribution in [-0.2, 0) is 9.59 Å². The molecule has 0 heterocycles. The number of anilines is 1. The van der Waals surface area contributed by atoms with Gasteiger partial charge in [-0.3, -0.25) is 14.9 Å². The first kappa shape index (κ1) is 16.0. The topological polar surface area (TPSA) is 78.4 Å². The Balaban J connectivity index is 2.65. The van der Waals surface area contributed by atoms with E-state index >= 15 is 0 Å². The summed E-state index contributed by atoms with van der Waals surface area (Å²) in [5.41, 5.74) is 0.238. The lowest BCUT2D eigenvalue weighted by Gasteiger charge is -2.12. The standard InChI is InChI=1S/C11H11Cl3N2O3/c1-5(11(18)19)15-4-9(17)16-10-7(13)2-6(12)3-8(10)14/h2-3,5,15H,4H2,1H3,(H,16,17)(H,18,19)/t5-/m1/s1. The van der Waals surface area contributed by atoms with Crippen molar-refractivity contribution in [2.75, 3.05) is 11.9 Å². The number of halogens is 3. The number of carbonyl (C=O) groups excluding carboxylic acids is 1. The molecule has 0 fully saturated rings. The van der Waals surface area contributed by atoms with Crippen LogP contribution in [-0.4, -0.2) is 29.6 Å². The summed E-state index contributed by atoms with van der Waals surface area (Å²) in [7, 11) is 0. The Labute approximate surface area is 124 Å². The predicted octanol–water partition coefficient (Wildman–Crippen LogP) is 2.65. The zero-order valence-corrected chi connectivity index (χ0v) is 12.1. The van der Waals surface area contributed by atoms with E-state index in [0.717, 1.165) is 0 Å². The molecule has 3 N–H and O–H groups in total. The van der Waals surface area contributed by atoms with Crippen molar-refractivity contribution in [1.82, 2.24) is 5.32 Å². The predicted molar refractivity (Wildman–Crippen MR) is 75.2 cm³/mol. The maximum atomic E-state index is 11.6. The van der Waals surface area contributed by atoms with Gasteiger partial charge < -0.3 is 10.4 Å². The molecule has 1 atom stereocenters. The highest BCUT2D eigenvalue weighted by Crippen LogP contribution is 2.33. The molecular formula is C11H11Cl3N2O3. The highest BCUT2D eigenvalue weighted by atomic mass is 35.5. The van der Waals surface area contributed by atoms with Gasteiger partial charge in [0, 0.05) is 5.02 Å². The number of nitrogens with one attached hydrogen (secondary N) is 2. The van der Waals surface area contributed by atoms with Crippen molar-refractivity contribution in [3.8, 4) is 0 Å². The second-order valence-electron chi connectivity index (χ2n) is 3.73. The van der Waals surface area contributed by atoms with Crippen molar-refractivity contribution in [2.24, 2.45) is 0 Å². The van der Waals surface area contributed by atoms with Gasteiger partial charge in [0.15, 0.2) is 0 Å². The van der Waals surface area contributed by atoms with Crippen molar-refractivity contribution >= 4 is 52.4 Å². The lowest BCUT2D eigenvalue weighted by molar-refractivity contribution is -0.139. The second-order valence-corrected chi connectivity index (χ2v) is 4.98. The zero-order chi connectivity index (χ0) is 14.6. The van der Waals surface area contributed by atoms with Crippen LogP contribution in [0.4, 0.5) is 5.69 Å². The lowest BCUT2D eigenvalue weighted by atomic mass is 10.3. The summed E-state index contributed by atoms with van der Waals surface area (Å²) in [6, 6.07) is 2.05. The monoisotopic (exact) mass is 324 g/mol. The number of carbonyl (C=O) groups is 2. The van der Waals surface area contributed by atoms with Crippen molar-refractivity contribution in [3.63, 3.8) is 0 Å². The zero-order valence-electron chi connectivity index (χ0n) is 9.84. The Morgan fingerprint density at radius 1 is 1.26 bits per heavy atom. The van der Waals surface area contributed by atoms with Gasteiger partial charge in [0.2, 0.25) is 5.91 Å². The summed E-state index contributed by atoms with van der Waals surface area (Å²) in [4.78, 5) is 22.2. The van der Waals surface area contributed by atoms with Crippen LogP contribution in [0.3, 0.4) is 0 Å². The molecular weight excluding hydrogens is 314 g/mol. The minimum atomic E-state index is -1.05. The van der Waals surface area contributed by atoms with Gasteiger partial charge in [-0.25, -0.2) is 0 Å². The van der Waals surface area contributed by atoms with Crippen molar-refractivity contribution in [2.45, 2.75) is 13.0 Å². The van der Waals surface area contributed by atoms with Gasteiger partial charge in [0.25, 0.3) is 0 Å². The van der Waals surface area contributed by atoms with E-state index in [2.05, 4.69) is 10.6 Å². The number of carboxylic acids is 1. The highest BCUT2D eigenvalue weighted by molar-refractivity contribution is 6.42. The molecule has 0 aliphatic carbocycles. The van der Waals surface area contributed by atoms with E-state index in [4.69, 9.17) is 39.9 Å². The fourth-order valence-corrected chi connectivity index (χ4v) is 2.09. The minimum Gasteiger partial charge on any atom is -0.480 e. The molecule has 104 valence electrons. The van der Waals surface area contributed by atoms with E-state index in [-0.39, 0.29) is 22.3 Å². The molecule has 19 heavy (non-hydrogen) atoms. The third-order valence-electron chi connectivity index (χ3n) is 2.21. The molecule has 0 spiro atoms. The minimum absolute atomic E-state index is 0.178.